The lowest BCUT2D eigenvalue weighted by Crippen LogP contribution is -2.13. The maximum atomic E-state index is 12.2. The van der Waals surface area contributed by atoms with E-state index in [9.17, 15) is 9.59 Å². The molecule has 0 saturated carbocycles. The molecule has 2 aromatic carbocycles. The monoisotopic (exact) mass is 290 g/mol. The highest BCUT2D eigenvalue weighted by Crippen LogP contribution is 2.20. The molecule has 0 saturated heterocycles. The van der Waals surface area contributed by atoms with Crippen LogP contribution in [0.1, 0.15) is 20.8 Å². The van der Waals surface area contributed by atoms with E-state index in [0.29, 0.717) is 16.9 Å². The van der Waals surface area contributed by atoms with Crippen LogP contribution in [0.2, 0.25) is 0 Å². The molecule has 4 nitrogen and oxygen atoms in total. The number of amides is 1. The Labute approximate surface area is 128 Å². The summed E-state index contributed by atoms with van der Waals surface area (Å²) in [6.45, 7) is 0. The predicted molar refractivity (Wildman–Crippen MR) is 85.6 cm³/mol. The van der Waals surface area contributed by atoms with Gasteiger partial charge in [0.15, 0.2) is 6.29 Å². The molecule has 108 valence electrons. The first-order chi connectivity index (χ1) is 10.8. The van der Waals surface area contributed by atoms with E-state index in [1.165, 1.54) is 0 Å². The van der Waals surface area contributed by atoms with Crippen molar-refractivity contribution in [3.63, 3.8) is 0 Å². The van der Waals surface area contributed by atoms with Gasteiger partial charge in [-0.15, -0.1) is 0 Å². The molecule has 22 heavy (non-hydrogen) atoms. The van der Waals surface area contributed by atoms with Crippen LogP contribution in [0.4, 0.5) is 5.69 Å². The van der Waals surface area contributed by atoms with Crippen molar-refractivity contribution in [2.75, 3.05) is 5.32 Å². The van der Waals surface area contributed by atoms with Crippen molar-refractivity contribution in [2.24, 2.45) is 0 Å². The van der Waals surface area contributed by atoms with Crippen LogP contribution < -0.4 is 5.32 Å². The molecule has 3 aromatic rings. The summed E-state index contributed by atoms with van der Waals surface area (Å²) in [4.78, 5) is 23.6. The zero-order chi connectivity index (χ0) is 15.4. The Morgan fingerprint density at radius 3 is 2.18 bits per heavy atom. The van der Waals surface area contributed by atoms with Gasteiger partial charge in [0, 0.05) is 17.4 Å². The van der Waals surface area contributed by atoms with Gasteiger partial charge in [0.05, 0.1) is 5.69 Å². The Kier molecular flexibility index (Phi) is 3.83. The minimum Gasteiger partial charge on any atom is -0.320 e. The number of anilines is 1. The lowest BCUT2D eigenvalue weighted by atomic mass is 10.2. The standard InChI is InChI=1S/C18H14N2O2/c21-13-17-16(19-18(22)14-7-3-1-4-8-14)11-12-20(17)15-9-5-2-6-10-15/h1-13H,(H,19,22). The van der Waals surface area contributed by atoms with Crippen LogP contribution in [0.3, 0.4) is 0 Å². The van der Waals surface area contributed by atoms with Gasteiger partial charge in [-0.1, -0.05) is 36.4 Å². The molecule has 0 bridgehead atoms. The second-order valence-electron chi connectivity index (χ2n) is 4.76. The maximum Gasteiger partial charge on any atom is 0.255 e. The van der Waals surface area contributed by atoms with E-state index < -0.39 is 0 Å². The number of rotatable bonds is 4. The summed E-state index contributed by atoms with van der Waals surface area (Å²) in [5.41, 5.74) is 2.32. The number of hydrogen-bond donors (Lipinski definition) is 1. The largest absolute Gasteiger partial charge is 0.320 e. The molecular weight excluding hydrogens is 276 g/mol. The van der Waals surface area contributed by atoms with Crippen LogP contribution in [0, 0.1) is 0 Å². The summed E-state index contributed by atoms with van der Waals surface area (Å²) >= 11 is 0. The van der Waals surface area contributed by atoms with Crippen molar-refractivity contribution in [1.82, 2.24) is 4.57 Å². The van der Waals surface area contributed by atoms with Gasteiger partial charge >= 0.3 is 0 Å². The molecule has 4 heteroatoms. The summed E-state index contributed by atoms with van der Waals surface area (Å²) in [6, 6.07) is 20.1. The van der Waals surface area contributed by atoms with E-state index in [1.807, 2.05) is 36.4 Å². The van der Waals surface area contributed by atoms with Gasteiger partial charge in [-0.25, -0.2) is 0 Å². The highest BCUT2D eigenvalue weighted by Gasteiger charge is 2.13. The van der Waals surface area contributed by atoms with Crippen molar-refractivity contribution >= 4 is 17.9 Å². The molecule has 0 aliphatic heterocycles. The first-order valence-electron chi connectivity index (χ1n) is 6.88. The Hall–Kier alpha value is -3.14. The molecule has 1 heterocycles. The number of aromatic nitrogens is 1. The molecule has 0 atom stereocenters. The van der Waals surface area contributed by atoms with Gasteiger partial charge < -0.3 is 9.88 Å². The number of hydrogen-bond acceptors (Lipinski definition) is 2. The molecule has 0 unspecified atom stereocenters. The van der Waals surface area contributed by atoms with Crippen LogP contribution in [0.15, 0.2) is 72.9 Å². The molecular formula is C18H14N2O2. The quantitative estimate of drug-likeness (QED) is 0.747. The molecule has 0 fully saturated rings. The smallest absolute Gasteiger partial charge is 0.255 e. The third kappa shape index (κ3) is 2.67. The van der Waals surface area contributed by atoms with E-state index in [2.05, 4.69) is 5.32 Å². The Balaban J connectivity index is 1.91. The van der Waals surface area contributed by atoms with E-state index in [1.54, 1.807) is 41.1 Å². The van der Waals surface area contributed by atoms with Gasteiger partial charge in [0.2, 0.25) is 0 Å². The lowest BCUT2D eigenvalue weighted by molar-refractivity contribution is 0.102. The number of carbonyl (C=O) groups excluding carboxylic acids is 2. The Bertz CT molecular complexity index is 792. The van der Waals surface area contributed by atoms with Crippen molar-refractivity contribution in [3.8, 4) is 5.69 Å². The SMILES string of the molecule is O=Cc1c(NC(=O)c2ccccc2)ccn1-c1ccccc1. The fourth-order valence-electron chi connectivity index (χ4n) is 2.27. The van der Waals surface area contributed by atoms with Gasteiger partial charge in [0.25, 0.3) is 5.91 Å². The number of aldehydes is 1. The van der Waals surface area contributed by atoms with Crippen LogP contribution >= 0.6 is 0 Å². The predicted octanol–water partition coefficient (Wildman–Crippen LogP) is 3.54. The van der Waals surface area contributed by atoms with Crippen LogP contribution in [-0.4, -0.2) is 16.8 Å². The van der Waals surface area contributed by atoms with Crippen molar-refractivity contribution in [3.05, 3.63) is 84.2 Å². The summed E-state index contributed by atoms with van der Waals surface area (Å²) in [5, 5.41) is 2.78. The zero-order valence-corrected chi connectivity index (χ0v) is 11.8. The summed E-state index contributed by atoms with van der Waals surface area (Å²) in [6.07, 6.45) is 2.51. The average Bonchev–Trinajstić information content (AvgIpc) is 2.99. The maximum absolute atomic E-state index is 12.2. The number of para-hydroxylation sites is 1. The van der Waals surface area contributed by atoms with E-state index >= 15 is 0 Å². The second-order valence-corrected chi connectivity index (χ2v) is 4.76. The number of nitrogens with zero attached hydrogens (tertiary/aromatic N) is 1. The number of carbonyl (C=O) groups is 2. The summed E-state index contributed by atoms with van der Waals surface area (Å²) in [5.74, 6) is -0.241. The minimum absolute atomic E-state index is 0.241. The third-order valence-electron chi connectivity index (χ3n) is 3.36. The van der Waals surface area contributed by atoms with E-state index in [-0.39, 0.29) is 5.91 Å². The molecule has 0 spiro atoms. The highest BCUT2D eigenvalue weighted by molar-refractivity contribution is 6.06. The molecule has 1 aromatic heterocycles. The topological polar surface area (TPSA) is 51.1 Å². The fourth-order valence-corrected chi connectivity index (χ4v) is 2.27. The summed E-state index contributed by atoms with van der Waals surface area (Å²) in [7, 11) is 0. The van der Waals surface area contributed by atoms with Gasteiger partial charge in [-0.3, -0.25) is 9.59 Å². The zero-order valence-electron chi connectivity index (χ0n) is 11.8. The average molecular weight is 290 g/mol. The molecule has 1 N–H and O–H groups in total. The molecule has 0 aliphatic rings. The van der Waals surface area contributed by atoms with Gasteiger partial charge in [0.1, 0.15) is 5.69 Å². The molecule has 1 amide bonds. The normalized spacial score (nSPS) is 10.2. The summed E-state index contributed by atoms with van der Waals surface area (Å²) < 4.78 is 1.74. The van der Waals surface area contributed by atoms with Gasteiger partial charge in [-0.05, 0) is 30.3 Å². The lowest BCUT2D eigenvalue weighted by Gasteiger charge is -2.07. The van der Waals surface area contributed by atoms with E-state index in [4.69, 9.17) is 0 Å². The van der Waals surface area contributed by atoms with Gasteiger partial charge in [-0.2, -0.15) is 0 Å². The molecule has 0 aliphatic carbocycles. The first kappa shape index (κ1) is 13.8. The number of benzene rings is 2. The third-order valence-corrected chi connectivity index (χ3v) is 3.36. The molecule has 3 rings (SSSR count). The first-order valence-corrected chi connectivity index (χ1v) is 6.88. The van der Waals surface area contributed by atoms with Crippen LogP contribution in [0.5, 0.6) is 0 Å². The Morgan fingerprint density at radius 1 is 0.909 bits per heavy atom. The molecule has 0 radical (unpaired) electrons. The van der Waals surface area contributed by atoms with Crippen molar-refractivity contribution in [1.29, 1.82) is 0 Å². The minimum atomic E-state index is -0.241. The van der Waals surface area contributed by atoms with Crippen LogP contribution in [-0.2, 0) is 0 Å². The van der Waals surface area contributed by atoms with Crippen LogP contribution in [0.25, 0.3) is 5.69 Å². The fraction of sp³-hybridized carbons (Fsp3) is 0. The van der Waals surface area contributed by atoms with E-state index in [0.717, 1.165) is 12.0 Å². The second kappa shape index (κ2) is 6.10. The number of nitrogens with one attached hydrogen (secondary N) is 1. The van der Waals surface area contributed by atoms with Crippen molar-refractivity contribution in [2.45, 2.75) is 0 Å². The van der Waals surface area contributed by atoms with Crippen molar-refractivity contribution < 1.29 is 9.59 Å². The Morgan fingerprint density at radius 2 is 1.55 bits per heavy atom. The highest BCUT2D eigenvalue weighted by atomic mass is 16.1.